The molecular formula is C11H2Cl6N2O2. The standard InChI is InChI=1S/C11H2Cl6N2O2/c12-6-5(7(13)9(15)10(16)8(6)14)3-1-4(19(20)21)11(17)18-2-3/h1-2H. The van der Waals surface area contributed by atoms with Crippen molar-refractivity contribution in [3.05, 3.63) is 52.6 Å². The second-order valence-electron chi connectivity index (χ2n) is 3.74. The predicted molar refractivity (Wildman–Crippen MR) is 86.4 cm³/mol. The van der Waals surface area contributed by atoms with E-state index in [9.17, 15) is 10.1 Å². The van der Waals surface area contributed by atoms with Gasteiger partial charge >= 0.3 is 5.69 Å². The van der Waals surface area contributed by atoms with E-state index in [1.165, 1.54) is 12.3 Å². The molecule has 0 saturated heterocycles. The van der Waals surface area contributed by atoms with Gasteiger partial charge in [-0.05, 0) is 0 Å². The van der Waals surface area contributed by atoms with Crippen LogP contribution < -0.4 is 0 Å². The van der Waals surface area contributed by atoms with Crippen LogP contribution in [0.2, 0.25) is 30.3 Å². The summed E-state index contributed by atoms with van der Waals surface area (Å²) in [4.78, 5) is 14.0. The number of benzene rings is 1. The molecule has 10 heteroatoms. The molecular weight excluding hydrogens is 405 g/mol. The maximum Gasteiger partial charge on any atom is 0.307 e. The van der Waals surface area contributed by atoms with Gasteiger partial charge in [0.2, 0.25) is 5.15 Å². The molecule has 1 heterocycles. The number of aromatic nitrogens is 1. The topological polar surface area (TPSA) is 56.0 Å². The van der Waals surface area contributed by atoms with Crippen LogP contribution in [0.5, 0.6) is 0 Å². The van der Waals surface area contributed by atoms with E-state index in [1.807, 2.05) is 0 Å². The van der Waals surface area contributed by atoms with Crippen LogP contribution in [-0.4, -0.2) is 9.91 Å². The van der Waals surface area contributed by atoms with Crippen LogP contribution in [0.4, 0.5) is 5.69 Å². The van der Waals surface area contributed by atoms with Crippen LogP contribution in [0.1, 0.15) is 0 Å². The van der Waals surface area contributed by atoms with Gasteiger partial charge in [-0.15, -0.1) is 0 Å². The molecule has 110 valence electrons. The SMILES string of the molecule is O=[N+]([O-])c1cc(-c2c(Cl)c(Cl)c(Cl)c(Cl)c2Cl)cnc1Cl. The summed E-state index contributed by atoms with van der Waals surface area (Å²) in [6, 6.07) is 1.17. The normalized spacial score (nSPS) is 10.8. The van der Waals surface area contributed by atoms with Crippen LogP contribution in [0.25, 0.3) is 11.1 Å². The number of nitro groups is 1. The number of hydrogen-bond donors (Lipinski definition) is 0. The second kappa shape index (κ2) is 6.32. The van der Waals surface area contributed by atoms with Crippen molar-refractivity contribution in [3.63, 3.8) is 0 Å². The summed E-state index contributed by atoms with van der Waals surface area (Å²) in [6.45, 7) is 0. The van der Waals surface area contributed by atoms with E-state index in [-0.39, 0.29) is 41.4 Å². The lowest BCUT2D eigenvalue weighted by molar-refractivity contribution is -0.385. The van der Waals surface area contributed by atoms with Crippen molar-refractivity contribution in [2.45, 2.75) is 0 Å². The first kappa shape index (κ1) is 16.9. The maximum absolute atomic E-state index is 10.9. The molecule has 2 aromatic rings. The van der Waals surface area contributed by atoms with E-state index in [4.69, 9.17) is 69.6 Å². The highest BCUT2D eigenvalue weighted by Crippen LogP contribution is 2.48. The highest BCUT2D eigenvalue weighted by Gasteiger charge is 2.23. The second-order valence-corrected chi connectivity index (χ2v) is 5.98. The van der Waals surface area contributed by atoms with Crippen LogP contribution in [0.3, 0.4) is 0 Å². The first-order valence-electron chi connectivity index (χ1n) is 5.07. The Morgan fingerprint density at radius 1 is 0.905 bits per heavy atom. The Morgan fingerprint density at radius 3 is 1.86 bits per heavy atom. The van der Waals surface area contributed by atoms with Crippen molar-refractivity contribution in [2.24, 2.45) is 0 Å². The highest BCUT2D eigenvalue weighted by atomic mass is 35.5. The van der Waals surface area contributed by atoms with Crippen molar-refractivity contribution in [1.82, 2.24) is 4.98 Å². The summed E-state index contributed by atoms with van der Waals surface area (Å²) in [6.07, 6.45) is 1.27. The molecule has 0 atom stereocenters. The Labute approximate surface area is 148 Å². The summed E-state index contributed by atoms with van der Waals surface area (Å²) < 4.78 is 0. The minimum Gasteiger partial charge on any atom is -0.258 e. The lowest BCUT2D eigenvalue weighted by Gasteiger charge is -2.12. The molecule has 0 aliphatic rings. The van der Waals surface area contributed by atoms with Gasteiger partial charge in [0.1, 0.15) is 0 Å². The third kappa shape index (κ3) is 3.02. The maximum atomic E-state index is 10.9. The molecule has 0 unspecified atom stereocenters. The smallest absolute Gasteiger partial charge is 0.258 e. The molecule has 4 nitrogen and oxygen atoms in total. The van der Waals surface area contributed by atoms with Gasteiger partial charge in [0.15, 0.2) is 0 Å². The Bertz CT molecular complexity index is 736. The fourth-order valence-electron chi connectivity index (χ4n) is 1.56. The quantitative estimate of drug-likeness (QED) is 0.186. The molecule has 0 N–H and O–H groups in total. The number of rotatable bonds is 2. The summed E-state index contributed by atoms with van der Waals surface area (Å²) in [5.74, 6) is 0. The fourth-order valence-corrected chi connectivity index (χ4v) is 3.09. The van der Waals surface area contributed by atoms with Crippen molar-refractivity contribution < 1.29 is 4.92 Å². The first-order valence-corrected chi connectivity index (χ1v) is 7.34. The molecule has 0 aliphatic heterocycles. The van der Waals surface area contributed by atoms with Gasteiger partial charge in [0, 0.05) is 23.4 Å². The average Bonchev–Trinajstić information content (AvgIpc) is 2.44. The third-order valence-corrected chi connectivity index (χ3v) is 5.08. The van der Waals surface area contributed by atoms with E-state index >= 15 is 0 Å². The van der Waals surface area contributed by atoms with Gasteiger partial charge in [0.25, 0.3) is 0 Å². The average molecular weight is 407 g/mol. The summed E-state index contributed by atoms with van der Waals surface area (Å²) in [7, 11) is 0. The molecule has 0 amide bonds. The summed E-state index contributed by atoms with van der Waals surface area (Å²) >= 11 is 35.6. The van der Waals surface area contributed by atoms with Crippen molar-refractivity contribution in [2.75, 3.05) is 0 Å². The first-order chi connectivity index (χ1) is 9.75. The van der Waals surface area contributed by atoms with Crippen LogP contribution in [-0.2, 0) is 0 Å². The van der Waals surface area contributed by atoms with Gasteiger partial charge in [-0.3, -0.25) is 10.1 Å². The monoisotopic (exact) mass is 404 g/mol. The van der Waals surface area contributed by atoms with E-state index in [0.717, 1.165) is 0 Å². The highest BCUT2D eigenvalue weighted by molar-refractivity contribution is 6.56. The molecule has 0 bridgehead atoms. The van der Waals surface area contributed by atoms with E-state index in [0.29, 0.717) is 0 Å². The van der Waals surface area contributed by atoms with Crippen molar-refractivity contribution in [1.29, 1.82) is 0 Å². The zero-order valence-electron chi connectivity index (χ0n) is 9.63. The molecule has 2 rings (SSSR count). The molecule has 1 aromatic carbocycles. The van der Waals surface area contributed by atoms with Crippen molar-refractivity contribution in [3.8, 4) is 11.1 Å². The van der Waals surface area contributed by atoms with Gasteiger partial charge < -0.3 is 0 Å². The fraction of sp³-hybridized carbons (Fsp3) is 0. The largest absolute Gasteiger partial charge is 0.307 e. The minimum absolute atomic E-state index is 0.00601. The lowest BCUT2D eigenvalue weighted by atomic mass is 10.1. The molecule has 0 fully saturated rings. The van der Waals surface area contributed by atoms with Gasteiger partial charge in [0.05, 0.1) is 30.0 Å². The molecule has 0 radical (unpaired) electrons. The Morgan fingerprint density at radius 2 is 1.38 bits per heavy atom. The zero-order chi connectivity index (χ0) is 15.9. The predicted octanol–water partition coefficient (Wildman–Crippen LogP) is 6.58. The Kier molecular flexibility index (Phi) is 5.08. The minimum atomic E-state index is -0.681. The van der Waals surface area contributed by atoms with E-state index in [1.54, 1.807) is 0 Å². The molecule has 0 aliphatic carbocycles. The van der Waals surface area contributed by atoms with Crippen LogP contribution >= 0.6 is 69.6 Å². The van der Waals surface area contributed by atoms with Gasteiger partial charge in [-0.2, -0.15) is 0 Å². The van der Waals surface area contributed by atoms with Crippen molar-refractivity contribution >= 4 is 75.3 Å². The molecule has 21 heavy (non-hydrogen) atoms. The van der Waals surface area contributed by atoms with Gasteiger partial charge in [-0.1, -0.05) is 69.6 Å². The number of halogens is 6. The molecule has 0 spiro atoms. The van der Waals surface area contributed by atoms with E-state index < -0.39 is 10.6 Å². The number of nitrogens with zero attached hydrogens (tertiary/aromatic N) is 2. The van der Waals surface area contributed by atoms with Crippen LogP contribution in [0, 0.1) is 10.1 Å². The Hall–Kier alpha value is -0.490. The Balaban J connectivity index is 2.80. The van der Waals surface area contributed by atoms with Gasteiger partial charge in [-0.25, -0.2) is 4.98 Å². The molecule has 0 saturated carbocycles. The zero-order valence-corrected chi connectivity index (χ0v) is 14.2. The number of pyridine rings is 1. The van der Waals surface area contributed by atoms with E-state index in [2.05, 4.69) is 4.98 Å². The summed E-state index contributed by atoms with van der Waals surface area (Å²) in [5, 5.41) is 10.6. The molecule has 1 aromatic heterocycles. The number of hydrogen-bond acceptors (Lipinski definition) is 3. The van der Waals surface area contributed by atoms with Crippen LogP contribution in [0.15, 0.2) is 12.3 Å². The summed E-state index contributed by atoms with van der Waals surface area (Å²) in [5.41, 5.74) is 0.0232. The third-order valence-electron chi connectivity index (χ3n) is 2.52. The lowest BCUT2D eigenvalue weighted by Crippen LogP contribution is -1.94.